The van der Waals surface area contributed by atoms with E-state index in [2.05, 4.69) is 14.7 Å². The minimum Gasteiger partial charge on any atom is -0.336 e. The highest BCUT2D eigenvalue weighted by Crippen LogP contribution is 2.13. The number of sulfonamides is 1. The number of aromatic nitrogens is 2. The molecule has 8 heteroatoms. The summed E-state index contributed by atoms with van der Waals surface area (Å²) in [7, 11) is -3.26. The zero-order valence-corrected chi connectivity index (χ0v) is 12.4. The first-order valence-electron chi connectivity index (χ1n) is 6.40. The number of nitrogens with zero attached hydrogens (tertiary/aromatic N) is 3. The molecule has 1 atom stereocenters. The Hall–Kier alpha value is -1.54. The molecule has 2 rings (SSSR count). The highest BCUT2D eigenvalue weighted by Gasteiger charge is 2.26. The van der Waals surface area contributed by atoms with Gasteiger partial charge >= 0.3 is 0 Å². The van der Waals surface area contributed by atoms with Crippen molar-refractivity contribution in [2.45, 2.75) is 25.8 Å². The predicted octanol–water partition coefficient (Wildman–Crippen LogP) is -0.0612. The molecule has 1 aromatic rings. The van der Waals surface area contributed by atoms with Crippen molar-refractivity contribution in [2.75, 3.05) is 19.3 Å². The van der Waals surface area contributed by atoms with Crippen molar-refractivity contribution in [3.63, 3.8) is 0 Å². The average Bonchev–Trinajstić information content (AvgIpc) is 2.37. The Morgan fingerprint density at radius 3 is 2.75 bits per heavy atom. The van der Waals surface area contributed by atoms with Crippen LogP contribution in [0.4, 0.5) is 0 Å². The van der Waals surface area contributed by atoms with Gasteiger partial charge in [-0.1, -0.05) is 0 Å². The van der Waals surface area contributed by atoms with Gasteiger partial charge in [-0.05, 0) is 19.8 Å². The molecule has 1 aromatic heterocycles. The molecule has 7 nitrogen and oxygen atoms in total. The molecule has 0 spiro atoms. The third-order valence-corrected chi connectivity index (χ3v) is 3.85. The van der Waals surface area contributed by atoms with Crippen LogP contribution in [-0.2, 0) is 10.0 Å². The lowest BCUT2D eigenvalue weighted by atomic mass is 10.1. The molecule has 2 heterocycles. The lowest BCUT2D eigenvalue weighted by Crippen LogP contribution is -2.49. The van der Waals surface area contributed by atoms with Crippen molar-refractivity contribution in [1.29, 1.82) is 0 Å². The second kappa shape index (κ2) is 5.84. The number of rotatable bonds is 3. The Kier molecular flexibility index (Phi) is 4.34. The number of carbonyl (C=O) groups is 1. The van der Waals surface area contributed by atoms with Gasteiger partial charge in [0.2, 0.25) is 10.0 Å². The molecule has 1 aliphatic rings. The summed E-state index contributed by atoms with van der Waals surface area (Å²) in [5, 5.41) is 0. The van der Waals surface area contributed by atoms with Crippen molar-refractivity contribution in [3.8, 4) is 0 Å². The van der Waals surface area contributed by atoms with Crippen LogP contribution in [0.15, 0.2) is 12.4 Å². The first-order valence-corrected chi connectivity index (χ1v) is 8.29. The zero-order chi connectivity index (χ0) is 14.8. The van der Waals surface area contributed by atoms with E-state index >= 15 is 0 Å². The quantitative estimate of drug-likeness (QED) is 0.844. The van der Waals surface area contributed by atoms with Gasteiger partial charge in [0.05, 0.1) is 18.1 Å². The fourth-order valence-electron chi connectivity index (χ4n) is 2.23. The summed E-state index contributed by atoms with van der Waals surface area (Å²) in [4.78, 5) is 22.0. The highest BCUT2D eigenvalue weighted by atomic mass is 32.2. The SMILES string of the molecule is Cc1cnc(C(=O)N2CCC[C@H](NS(C)(=O)=O)C2)cn1. The van der Waals surface area contributed by atoms with Crippen LogP contribution < -0.4 is 4.72 Å². The summed E-state index contributed by atoms with van der Waals surface area (Å²) in [6.07, 6.45) is 5.61. The third kappa shape index (κ3) is 3.97. The molecule has 0 unspecified atom stereocenters. The first-order chi connectivity index (χ1) is 9.35. The summed E-state index contributed by atoms with van der Waals surface area (Å²) >= 11 is 0. The summed E-state index contributed by atoms with van der Waals surface area (Å²) in [6.45, 7) is 2.77. The minimum absolute atomic E-state index is 0.211. The van der Waals surface area contributed by atoms with Gasteiger partial charge in [-0.3, -0.25) is 9.78 Å². The average molecular weight is 298 g/mol. The van der Waals surface area contributed by atoms with E-state index in [-0.39, 0.29) is 17.6 Å². The second-order valence-corrected chi connectivity index (χ2v) is 6.80. The van der Waals surface area contributed by atoms with Crippen LogP contribution in [0.5, 0.6) is 0 Å². The standard InChI is InChI=1S/C12H18N4O3S/c1-9-6-14-11(7-13-9)12(17)16-5-3-4-10(8-16)15-20(2,18)19/h6-7,10,15H,3-5,8H2,1-2H3/t10-/m0/s1. The number of aryl methyl sites for hydroxylation is 1. The van der Waals surface area contributed by atoms with Crippen LogP contribution in [0.3, 0.4) is 0 Å². The normalized spacial score (nSPS) is 19.9. The minimum atomic E-state index is -3.26. The lowest BCUT2D eigenvalue weighted by Gasteiger charge is -2.32. The molecular weight excluding hydrogens is 280 g/mol. The molecule has 0 aliphatic carbocycles. The summed E-state index contributed by atoms with van der Waals surface area (Å²) in [5.41, 5.74) is 1.03. The Balaban J connectivity index is 2.05. The van der Waals surface area contributed by atoms with E-state index in [1.807, 2.05) is 0 Å². The number of nitrogens with one attached hydrogen (secondary N) is 1. The lowest BCUT2D eigenvalue weighted by molar-refractivity contribution is 0.0696. The van der Waals surface area contributed by atoms with Crippen molar-refractivity contribution in [3.05, 3.63) is 23.8 Å². The van der Waals surface area contributed by atoms with Crippen LogP contribution in [0.2, 0.25) is 0 Å². The van der Waals surface area contributed by atoms with Crippen LogP contribution >= 0.6 is 0 Å². The maximum absolute atomic E-state index is 12.3. The molecule has 110 valence electrons. The highest BCUT2D eigenvalue weighted by molar-refractivity contribution is 7.88. The maximum atomic E-state index is 12.3. The van der Waals surface area contributed by atoms with E-state index in [1.165, 1.54) is 6.20 Å². The van der Waals surface area contributed by atoms with Crippen molar-refractivity contribution < 1.29 is 13.2 Å². The zero-order valence-electron chi connectivity index (χ0n) is 11.5. The van der Waals surface area contributed by atoms with Crippen molar-refractivity contribution in [1.82, 2.24) is 19.6 Å². The number of piperidine rings is 1. The number of carbonyl (C=O) groups excluding carboxylic acids is 1. The van der Waals surface area contributed by atoms with Gasteiger partial charge in [-0.15, -0.1) is 0 Å². The van der Waals surface area contributed by atoms with E-state index in [0.717, 1.165) is 24.8 Å². The molecule has 0 aromatic carbocycles. The fraction of sp³-hybridized carbons (Fsp3) is 0.583. The van der Waals surface area contributed by atoms with E-state index in [0.29, 0.717) is 13.1 Å². The number of hydrogen-bond acceptors (Lipinski definition) is 5. The van der Waals surface area contributed by atoms with E-state index in [1.54, 1.807) is 18.0 Å². The Labute approximate surface area is 118 Å². The first kappa shape index (κ1) is 14.9. The van der Waals surface area contributed by atoms with Crippen LogP contribution in [0, 0.1) is 6.92 Å². The maximum Gasteiger partial charge on any atom is 0.274 e. The Bertz CT molecular complexity index is 585. The fourth-order valence-corrected chi connectivity index (χ4v) is 3.02. The Morgan fingerprint density at radius 2 is 2.15 bits per heavy atom. The third-order valence-electron chi connectivity index (χ3n) is 3.09. The van der Waals surface area contributed by atoms with E-state index in [9.17, 15) is 13.2 Å². The van der Waals surface area contributed by atoms with E-state index < -0.39 is 10.0 Å². The van der Waals surface area contributed by atoms with Crippen molar-refractivity contribution in [2.24, 2.45) is 0 Å². The molecule has 1 saturated heterocycles. The number of likely N-dealkylation sites (tertiary alicyclic amines) is 1. The van der Waals surface area contributed by atoms with Gasteiger partial charge in [0.25, 0.3) is 5.91 Å². The number of hydrogen-bond donors (Lipinski definition) is 1. The second-order valence-electron chi connectivity index (χ2n) is 5.02. The molecule has 0 saturated carbocycles. The van der Waals surface area contributed by atoms with Crippen LogP contribution in [0.25, 0.3) is 0 Å². The molecule has 1 N–H and O–H groups in total. The Morgan fingerprint density at radius 1 is 1.40 bits per heavy atom. The van der Waals surface area contributed by atoms with Crippen LogP contribution in [0.1, 0.15) is 29.0 Å². The molecule has 20 heavy (non-hydrogen) atoms. The molecule has 1 fully saturated rings. The van der Waals surface area contributed by atoms with Gasteiger partial charge in [-0.25, -0.2) is 18.1 Å². The smallest absolute Gasteiger partial charge is 0.274 e. The number of amides is 1. The molecule has 1 aliphatic heterocycles. The van der Waals surface area contributed by atoms with Gasteiger partial charge in [0, 0.05) is 25.3 Å². The van der Waals surface area contributed by atoms with Gasteiger partial charge < -0.3 is 4.90 Å². The monoisotopic (exact) mass is 298 g/mol. The van der Waals surface area contributed by atoms with E-state index in [4.69, 9.17) is 0 Å². The molecule has 0 bridgehead atoms. The summed E-state index contributed by atoms with van der Waals surface area (Å²) in [6, 6.07) is -0.235. The van der Waals surface area contributed by atoms with Crippen LogP contribution in [-0.4, -0.2) is 54.6 Å². The summed E-state index contributed by atoms with van der Waals surface area (Å²) < 4.78 is 25.0. The van der Waals surface area contributed by atoms with Gasteiger partial charge in [0.15, 0.2) is 0 Å². The topological polar surface area (TPSA) is 92.3 Å². The predicted molar refractivity (Wildman–Crippen MR) is 73.7 cm³/mol. The van der Waals surface area contributed by atoms with Gasteiger partial charge in [-0.2, -0.15) is 0 Å². The van der Waals surface area contributed by atoms with Crippen molar-refractivity contribution >= 4 is 15.9 Å². The van der Waals surface area contributed by atoms with Gasteiger partial charge in [0.1, 0.15) is 5.69 Å². The molecular formula is C12H18N4O3S. The summed E-state index contributed by atoms with van der Waals surface area (Å²) in [5.74, 6) is -0.211. The largest absolute Gasteiger partial charge is 0.336 e. The molecule has 1 amide bonds. The molecule has 0 radical (unpaired) electrons.